The fourth-order valence-electron chi connectivity index (χ4n) is 2.66. The summed E-state index contributed by atoms with van der Waals surface area (Å²) in [7, 11) is 0. The van der Waals surface area contributed by atoms with E-state index in [0.29, 0.717) is 29.7 Å². The number of nitrogens with zero attached hydrogens (tertiary/aromatic N) is 2. The van der Waals surface area contributed by atoms with Gasteiger partial charge in [-0.05, 0) is 50.1 Å². The summed E-state index contributed by atoms with van der Waals surface area (Å²) >= 11 is 1.43. The fourth-order valence-corrected chi connectivity index (χ4v) is 3.58. The van der Waals surface area contributed by atoms with Gasteiger partial charge in [0.1, 0.15) is 16.4 Å². The number of amides is 1. The van der Waals surface area contributed by atoms with Gasteiger partial charge in [-0.25, -0.2) is 9.97 Å². The Hall–Kier alpha value is -2.93. The highest BCUT2D eigenvalue weighted by molar-refractivity contribution is 7.13. The molecule has 29 heavy (non-hydrogen) atoms. The van der Waals surface area contributed by atoms with E-state index in [9.17, 15) is 4.79 Å². The van der Waals surface area contributed by atoms with Gasteiger partial charge in [0.15, 0.2) is 0 Å². The van der Waals surface area contributed by atoms with Crippen LogP contribution in [0.3, 0.4) is 0 Å². The van der Waals surface area contributed by atoms with Crippen LogP contribution < -0.4 is 14.8 Å². The molecule has 0 fully saturated rings. The van der Waals surface area contributed by atoms with Gasteiger partial charge >= 0.3 is 0 Å². The van der Waals surface area contributed by atoms with E-state index >= 15 is 0 Å². The predicted molar refractivity (Wildman–Crippen MR) is 114 cm³/mol. The van der Waals surface area contributed by atoms with Crippen LogP contribution >= 0.6 is 11.3 Å². The average molecular weight is 412 g/mol. The molecule has 1 amide bonds. The number of carbonyl (C=O) groups is 1. The zero-order valence-electron chi connectivity index (χ0n) is 16.9. The maximum atomic E-state index is 12.5. The van der Waals surface area contributed by atoms with E-state index in [1.807, 2.05) is 50.2 Å². The molecule has 1 aromatic carbocycles. The van der Waals surface area contributed by atoms with Crippen molar-refractivity contribution in [3.05, 3.63) is 63.7 Å². The second-order valence-electron chi connectivity index (χ2n) is 6.45. The number of hydrogen-bond donors (Lipinski definition) is 1. The second kappa shape index (κ2) is 10.0. The molecule has 152 valence electrons. The molecule has 1 N–H and O–H groups in total. The highest BCUT2D eigenvalue weighted by Crippen LogP contribution is 2.25. The van der Waals surface area contributed by atoms with Crippen LogP contribution in [0.2, 0.25) is 0 Å². The van der Waals surface area contributed by atoms with Crippen molar-refractivity contribution in [3.63, 3.8) is 0 Å². The molecule has 0 radical (unpaired) electrons. The van der Waals surface area contributed by atoms with Crippen LogP contribution in [0, 0.1) is 6.92 Å². The van der Waals surface area contributed by atoms with Gasteiger partial charge < -0.3 is 14.8 Å². The van der Waals surface area contributed by atoms with Crippen molar-refractivity contribution in [3.8, 4) is 17.4 Å². The van der Waals surface area contributed by atoms with Crippen molar-refractivity contribution in [2.45, 2.75) is 40.2 Å². The summed E-state index contributed by atoms with van der Waals surface area (Å²) in [6, 6.07) is 11.1. The standard InChI is InChI=1S/C22H25N3O3S/c1-4-13-27-17-8-10-18(11-9-17)28-22-16(7-6-12-23-22)14-24-21(26)20-15(3)25-19(5-2)29-20/h6-12H,4-5,13-14H2,1-3H3,(H,24,26). The highest BCUT2D eigenvalue weighted by Gasteiger charge is 2.15. The van der Waals surface area contributed by atoms with Crippen molar-refractivity contribution in [1.29, 1.82) is 0 Å². The SMILES string of the molecule is CCCOc1ccc(Oc2ncccc2CNC(=O)c2sc(CC)nc2C)cc1. The lowest BCUT2D eigenvalue weighted by Crippen LogP contribution is -2.23. The zero-order chi connectivity index (χ0) is 20.6. The minimum Gasteiger partial charge on any atom is -0.494 e. The topological polar surface area (TPSA) is 73.3 Å². The summed E-state index contributed by atoms with van der Waals surface area (Å²) in [6.07, 6.45) is 3.45. The van der Waals surface area contributed by atoms with Crippen LogP contribution in [0.1, 0.15) is 46.2 Å². The highest BCUT2D eigenvalue weighted by atomic mass is 32.1. The number of nitrogens with one attached hydrogen (secondary N) is 1. The van der Waals surface area contributed by atoms with Gasteiger partial charge in [0.25, 0.3) is 5.91 Å². The van der Waals surface area contributed by atoms with Gasteiger partial charge in [-0.2, -0.15) is 0 Å². The number of thiazole rings is 1. The molecule has 2 aromatic heterocycles. The molecule has 0 aliphatic carbocycles. The number of aromatic nitrogens is 2. The minimum atomic E-state index is -0.132. The number of carbonyl (C=O) groups excluding carboxylic acids is 1. The van der Waals surface area contributed by atoms with Crippen molar-refractivity contribution in [2.75, 3.05) is 6.61 Å². The zero-order valence-corrected chi connectivity index (χ0v) is 17.7. The fraction of sp³-hybridized carbons (Fsp3) is 0.318. The van der Waals surface area contributed by atoms with Crippen molar-refractivity contribution >= 4 is 17.2 Å². The first-order valence-corrected chi connectivity index (χ1v) is 10.5. The van der Waals surface area contributed by atoms with Crippen molar-refractivity contribution in [1.82, 2.24) is 15.3 Å². The Balaban J connectivity index is 1.65. The Bertz CT molecular complexity index is 954. The van der Waals surface area contributed by atoms with Crippen LogP contribution in [-0.4, -0.2) is 22.5 Å². The van der Waals surface area contributed by atoms with Gasteiger partial charge in [0.05, 0.1) is 17.3 Å². The van der Waals surface area contributed by atoms with Crippen LogP contribution in [-0.2, 0) is 13.0 Å². The van der Waals surface area contributed by atoms with E-state index in [1.54, 1.807) is 6.20 Å². The number of pyridine rings is 1. The van der Waals surface area contributed by atoms with Crippen LogP contribution in [0.15, 0.2) is 42.6 Å². The summed E-state index contributed by atoms with van der Waals surface area (Å²) in [4.78, 5) is 21.9. The van der Waals surface area contributed by atoms with Gasteiger partial charge in [-0.1, -0.05) is 19.9 Å². The molecule has 0 aliphatic rings. The Morgan fingerprint density at radius 3 is 2.59 bits per heavy atom. The van der Waals surface area contributed by atoms with E-state index in [-0.39, 0.29) is 5.91 Å². The molecule has 0 unspecified atom stereocenters. The van der Waals surface area contributed by atoms with Crippen molar-refractivity contribution in [2.24, 2.45) is 0 Å². The Morgan fingerprint density at radius 1 is 1.14 bits per heavy atom. The number of ether oxygens (including phenoxy) is 2. The first-order chi connectivity index (χ1) is 14.1. The summed E-state index contributed by atoms with van der Waals surface area (Å²) in [5.41, 5.74) is 1.56. The normalized spacial score (nSPS) is 10.6. The van der Waals surface area contributed by atoms with E-state index in [0.717, 1.165) is 34.9 Å². The summed E-state index contributed by atoms with van der Waals surface area (Å²) < 4.78 is 11.5. The third-order valence-electron chi connectivity index (χ3n) is 4.15. The van der Waals surface area contributed by atoms with Crippen LogP contribution in [0.25, 0.3) is 0 Å². The third-order valence-corrected chi connectivity index (χ3v) is 5.45. The number of aryl methyl sites for hydroxylation is 2. The lowest BCUT2D eigenvalue weighted by Gasteiger charge is -2.11. The smallest absolute Gasteiger partial charge is 0.263 e. The Morgan fingerprint density at radius 2 is 1.90 bits per heavy atom. The predicted octanol–water partition coefficient (Wildman–Crippen LogP) is 4.92. The monoisotopic (exact) mass is 411 g/mol. The largest absolute Gasteiger partial charge is 0.494 e. The number of rotatable bonds is 9. The second-order valence-corrected chi connectivity index (χ2v) is 7.53. The van der Waals surface area contributed by atoms with Crippen LogP contribution in [0.5, 0.6) is 17.4 Å². The molecular formula is C22H25N3O3S. The van der Waals surface area contributed by atoms with E-state index < -0.39 is 0 Å². The van der Waals surface area contributed by atoms with E-state index in [1.165, 1.54) is 11.3 Å². The van der Waals surface area contributed by atoms with Gasteiger partial charge in [-0.3, -0.25) is 4.79 Å². The third kappa shape index (κ3) is 5.54. The van der Waals surface area contributed by atoms with Gasteiger partial charge in [-0.15, -0.1) is 11.3 Å². The molecule has 7 heteroatoms. The molecule has 2 heterocycles. The average Bonchev–Trinajstić information content (AvgIpc) is 3.13. The summed E-state index contributed by atoms with van der Waals surface area (Å²) in [5.74, 6) is 1.79. The summed E-state index contributed by atoms with van der Waals surface area (Å²) in [5, 5.41) is 3.91. The first kappa shape index (κ1) is 20.8. The lowest BCUT2D eigenvalue weighted by atomic mass is 10.2. The van der Waals surface area contributed by atoms with Gasteiger partial charge in [0.2, 0.25) is 5.88 Å². The molecule has 0 spiro atoms. The van der Waals surface area contributed by atoms with Crippen molar-refractivity contribution < 1.29 is 14.3 Å². The van der Waals surface area contributed by atoms with E-state index in [4.69, 9.17) is 9.47 Å². The van der Waals surface area contributed by atoms with Gasteiger partial charge in [0, 0.05) is 18.3 Å². The maximum Gasteiger partial charge on any atom is 0.263 e. The molecule has 0 saturated carbocycles. The summed E-state index contributed by atoms with van der Waals surface area (Å²) in [6.45, 7) is 6.96. The van der Waals surface area contributed by atoms with Crippen LogP contribution in [0.4, 0.5) is 0 Å². The Kier molecular flexibility index (Phi) is 7.19. The molecular weight excluding hydrogens is 386 g/mol. The molecule has 0 aliphatic heterocycles. The molecule has 3 aromatic rings. The minimum absolute atomic E-state index is 0.132. The molecule has 0 saturated heterocycles. The molecule has 0 atom stereocenters. The molecule has 6 nitrogen and oxygen atoms in total. The maximum absolute atomic E-state index is 12.5. The number of benzene rings is 1. The molecule has 3 rings (SSSR count). The van der Waals surface area contributed by atoms with E-state index in [2.05, 4.69) is 22.2 Å². The number of hydrogen-bond acceptors (Lipinski definition) is 6. The Labute approximate surface area is 174 Å². The lowest BCUT2D eigenvalue weighted by molar-refractivity contribution is 0.0954. The molecule has 0 bridgehead atoms. The quantitative estimate of drug-likeness (QED) is 0.541. The first-order valence-electron chi connectivity index (χ1n) is 9.69.